The molecule has 0 N–H and O–H groups in total. The minimum Gasteiger partial charge on any atom is -0.334 e. The molecular formula is C23H20N4OS2. The number of rotatable bonds is 3. The zero-order valence-corrected chi connectivity index (χ0v) is 18.3. The van der Waals surface area contributed by atoms with Crippen molar-refractivity contribution >= 4 is 56.9 Å². The Morgan fingerprint density at radius 2 is 1.77 bits per heavy atom. The van der Waals surface area contributed by atoms with Gasteiger partial charge in [0.05, 0.1) is 16.9 Å². The van der Waals surface area contributed by atoms with Crippen LogP contribution in [0.4, 0.5) is 11.4 Å². The number of carbonyl (C=O) groups excluding carboxylic acids is 1. The van der Waals surface area contributed by atoms with Gasteiger partial charge in [-0.1, -0.05) is 30.0 Å². The number of anilines is 1. The summed E-state index contributed by atoms with van der Waals surface area (Å²) in [7, 11) is 0. The maximum Gasteiger partial charge on any atom is 0.269 e. The smallest absolute Gasteiger partial charge is 0.269 e. The van der Waals surface area contributed by atoms with Gasteiger partial charge in [-0.05, 0) is 62.0 Å². The van der Waals surface area contributed by atoms with Crippen molar-refractivity contribution in [3.05, 3.63) is 70.7 Å². The third-order valence-electron chi connectivity index (χ3n) is 5.14. The largest absolute Gasteiger partial charge is 0.334 e. The summed E-state index contributed by atoms with van der Waals surface area (Å²) in [6.45, 7) is 5.49. The van der Waals surface area contributed by atoms with Crippen LogP contribution in [0.15, 0.2) is 80.6 Å². The molecular weight excluding hydrogens is 412 g/mol. The summed E-state index contributed by atoms with van der Waals surface area (Å²) in [5.41, 5.74) is 2.89. The first-order valence-corrected chi connectivity index (χ1v) is 11.6. The van der Waals surface area contributed by atoms with Gasteiger partial charge in [0.25, 0.3) is 5.91 Å². The molecule has 0 aliphatic carbocycles. The molecule has 2 aromatic carbocycles. The topological polar surface area (TPSA) is 48.8 Å². The Kier molecular flexibility index (Phi) is 5.00. The number of carbonyl (C=O) groups is 1. The average Bonchev–Trinajstić information content (AvgIpc) is 3.30. The van der Waals surface area contributed by atoms with Crippen LogP contribution in [-0.4, -0.2) is 34.0 Å². The molecule has 1 aromatic heterocycles. The third-order valence-corrected chi connectivity index (χ3v) is 7.52. The number of hydrogen-bond donors (Lipinski definition) is 0. The lowest BCUT2D eigenvalue weighted by molar-refractivity contribution is -0.122. The molecule has 5 nitrogen and oxygen atoms in total. The van der Waals surface area contributed by atoms with Crippen LogP contribution < -0.4 is 4.90 Å². The van der Waals surface area contributed by atoms with Gasteiger partial charge in [0.1, 0.15) is 9.93 Å². The Morgan fingerprint density at radius 3 is 2.60 bits per heavy atom. The van der Waals surface area contributed by atoms with E-state index >= 15 is 0 Å². The van der Waals surface area contributed by atoms with E-state index in [2.05, 4.69) is 28.9 Å². The maximum atomic E-state index is 13.3. The van der Waals surface area contributed by atoms with Crippen molar-refractivity contribution in [2.24, 2.45) is 4.99 Å². The van der Waals surface area contributed by atoms with E-state index in [-0.39, 0.29) is 5.91 Å². The molecule has 2 aliphatic heterocycles. The lowest BCUT2D eigenvalue weighted by Crippen LogP contribution is -2.29. The Morgan fingerprint density at radius 1 is 0.933 bits per heavy atom. The van der Waals surface area contributed by atoms with Crippen LogP contribution in [0, 0.1) is 0 Å². The SMILES string of the molecule is CCN1C(=O)/C(=C2\Sc3ccccc3N2CC)SC1=Nc1cccc2ncccc12. The minimum absolute atomic E-state index is 0.0216. The number of aromatic nitrogens is 1. The second-order valence-electron chi connectivity index (χ2n) is 6.84. The molecule has 1 saturated heterocycles. The van der Waals surface area contributed by atoms with Crippen molar-refractivity contribution in [1.29, 1.82) is 0 Å². The van der Waals surface area contributed by atoms with E-state index in [4.69, 9.17) is 4.99 Å². The molecule has 3 heterocycles. The Bertz CT molecular complexity index is 1220. The number of amidine groups is 1. The summed E-state index contributed by atoms with van der Waals surface area (Å²) < 4.78 is 0. The van der Waals surface area contributed by atoms with E-state index in [1.54, 1.807) is 22.9 Å². The highest BCUT2D eigenvalue weighted by Gasteiger charge is 2.38. The van der Waals surface area contributed by atoms with Crippen LogP contribution >= 0.6 is 23.5 Å². The minimum atomic E-state index is 0.0216. The van der Waals surface area contributed by atoms with E-state index in [9.17, 15) is 4.79 Å². The molecule has 0 atom stereocenters. The molecule has 1 fully saturated rings. The predicted octanol–water partition coefficient (Wildman–Crippen LogP) is 5.62. The number of pyridine rings is 1. The van der Waals surface area contributed by atoms with E-state index in [0.29, 0.717) is 11.7 Å². The van der Waals surface area contributed by atoms with Gasteiger partial charge >= 0.3 is 0 Å². The molecule has 30 heavy (non-hydrogen) atoms. The Labute approximate surface area is 183 Å². The van der Waals surface area contributed by atoms with Crippen molar-refractivity contribution in [3.63, 3.8) is 0 Å². The van der Waals surface area contributed by atoms with Crippen molar-refractivity contribution in [2.75, 3.05) is 18.0 Å². The summed E-state index contributed by atoms with van der Waals surface area (Å²) in [6.07, 6.45) is 1.78. The van der Waals surface area contributed by atoms with Gasteiger partial charge in [-0.25, -0.2) is 4.99 Å². The highest BCUT2D eigenvalue weighted by Crippen LogP contribution is 2.50. The van der Waals surface area contributed by atoms with Gasteiger partial charge in [0.15, 0.2) is 5.17 Å². The molecule has 3 aromatic rings. The van der Waals surface area contributed by atoms with Crippen molar-refractivity contribution in [3.8, 4) is 0 Å². The number of benzene rings is 2. The molecule has 0 radical (unpaired) electrons. The molecule has 2 aliphatic rings. The summed E-state index contributed by atoms with van der Waals surface area (Å²) in [6, 6.07) is 18.1. The second kappa shape index (κ2) is 7.81. The van der Waals surface area contributed by atoms with Gasteiger partial charge < -0.3 is 4.90 Å². The van der Waals surface area contributed by atoms with Gasteiger partial charge in [-0.15, -0.1) is 0 Å². The van der Waals surface area contributed by atoms with Crippen LogP contribution in [0.5, 0.6) is 0 Å². The number of likely N-dealkylation sites (N-methyl/N-ethyl adjacent to an activating group) is 1. The molecule has 0 spiro atoms. The van der Waals surface area contributed by atoms with E-state index in [1.807, 2.05) is 49.4 Å². The number of thioether (sulfide) groups is 2. The fourth-order valence-electron chi connectivity index (χ4n) is 3.70. The third kappa shape index (κ3) is 3.09. The van der Waals surface area contributed by atoms with E-state index in [1.165, 1.54) is 16.7 Å². The average molecular weight is 433 g/mol. The van der Waals surface area contributed by atoms with Crippen LogP contribution in [0.25, 0.3) is 10.9 Å². The molecule has 1 amide bonds. The number of para-hydroxylation sites is 1. The summed E-state index contributed by atoms with van der Waals surface area (Å²) >= 11 is 3.13. The monoisotopic (exact) mass is 432 g/mol. The summed E-state index contributed by atoms with van der Waals surface area (Å²) in [5.74, 6) is 0.0216. The van der Waals surface area contributed by atoms with Gasteiger partial charge in [-0.2, -0.15) is 0 Å². The zero-order valence-electron chi connectivity index (χ0n) is 16.7. The van der Waals surface area contributed by atoms with Crippen LogP contribution in [0.3, 0.4) is 0 Å². The normalized spacial score (nSPS) is 19.9. The molecule has 7 heteroatoms. The Balaban J connectivity index is 1.59. The lowest BCUT2D eigenvalue weighted by atomic mass is 10.2. The quantitative estimate of drug-likeness (QED) is 0.503. The first kappa shape index (κ1) is 19.2. The fraction of sp³-hybridized carbons (Fsp3) is 0.174. The predicted molar refractivity (Wildman–Crippen MR) is 126 cm³/mol. The Hall–Kier alpha value is -2.77. The van der Waals surface area contributed by atoms with Gasteiger partial charge in [0, 0.05) is 29.6 Å². The van der Waals surface area contributed by atoms with Crippen LogP contribution in [-0.2, 0) is 4.79 Å². The molecule has 0 unspecified atom stereocenters. The van der Waals surface area contributed by atoms with Gasteiger partial charge in [-0.3, -0.25) is 14.7 Å². The van der Waals surface area contributed by atoms with Crippen LogP contribution in [0.1, 0.15) is 13.8 Å². The first-order chi connectivity index (χ1) is 14.7. The number of aliphatic imine (C=N–C) groups is 1. The van der Waals surface area contributed by atoms with E-state index < -0.39 is 0 Å². The highest BCUT2D eigenvalue weighted by molar-refractivity contribution is 8.19. The molecule has 0 saturated carbocycles. The molecule has 0 bridgehead atoms. The maximum absolute atomic E-state index is 13.3. The fourth-order valence-corrected chi connectivity index (χ4v) is 6.15. The number of amides is 1. The van der Waals surface area contributed by atoms with Crippen LogP contribution in [0.2, 0.25) is 0 Å². The lowest BCUT2D eigenvalue weighted by Gasteiger charge is -2.19. The second-order valence-corrected chi connectivity index (χ2v) is 8.85. The van der Waals surface area contributed by atoms with Crippen molar-refractivity contribution in [2.45, 2.75) is 18.7 Å². The zero-order chi connectivity index (χ0) is 20.7. The van der Waals surface area contributed by atoms with Gasteiger partial charge in [0.2, 0.25) is 0 Å². The van der Waals surface area contributed by atoms with E-state index in [0.717, 1.165) is 38.8 Å². The molecule has 150 valence electrons. The number of nitrogens with zero attached hydrogens (tertiary/aromatic N) is 4. The standard InChI is InChI=1S/C23H20N4OS2/c1-3-26-18-12-5-6-13-19(18)29-22(26)20-21(28)27(4-2)23(30-20)25-17-11-7-10-16-15(17)9-8-14-24-16/h5-14H,3-4H2,1-2H3/b22-20+,25-23?. The van der Waals surface area contributed by atoms with Crippen molar-refractivity contribution in [1.82, 2.24) is 9.88 Å². The summed E-state index contributed by atoms with van der Waals surface area (Å²) in [5, 5.41) is 2.70. The first-order valence-electron chi connectivity index (χ1n) is 9.92. The summed E-state index contributed by atoms with van der Waals surface area (Å²) in [4.78, 5) is 28.5. The molecule has 5 rings (SSSR count). The van der Waals surface area contributed by atoms with Crippen molar-refractivity contribution < 1.29 is 4.79 Å². The number of hydrogen-bond acceptors (Lipinski definition) is 6. The number of fused-ring (bicyclic) bond motifs is 2. The highest BCUT2D eigenvalue weighted by atomic mass is 32.2.